The van der Waals surface area contributed by atoms with Gasteiger partial charge in [0.25, 0.3) is 0 Å². The number of carbonyl (C=O) groups is 1. The molecule has 1 aromatic rings. The zero-order valence-corrected chi connectivity index (χ0v) is 11.6. The van der Waals surface area contributed by atoms with Crippen molar-refractivity contribution in [3.63, 3.8) is 0 Å². The van der Waals surface area contributed by atoms with E-state index >= 15 is 0 Å². The third-order valence-corrected chi connectivity index (χ3v) is 3.55. The summed E-state index contributed by atoms with van der Waals surface area (Å²) in [6.07, 6.45) is 3.15. The number of aromatic hydroxyl groups is 2. The molecule has 2 rings (SSSR count). The fourth-order valence-electron chi connectivity index (χ4n) is 2.20. The molecule has 0 aliphatic carbocycles. The zero-order valence-electron chi connectivity index (χ0n) is 11.6. The Morgan fingerprint density at radius 2 is 1.90 bits per heavy atom. The van der Waals surface area contributed by atoms with Crippen LogP contribution in [0.2, 0.25) is 0 Å². The second-order valence-corrected chi connectivity index (χ2v) is 4.84. The van der Waals surface area contributed by atoms with Gasteiger partial charge in [0.1, 0.15) is 0 Å². The average molecular weight is 276 g/mol. The number of nitrogens with zero attached hydrogens (tertiary/aromatic N) is 2. The number of amides is 1. The van der Waals surface area contributed by atoms with Gasteiger partial charge < -0.3 is 20.0 Å². The van der Waals surface area contributed by atoms with Gasteiger partial charge in [0.05, 0.1) is 0 Å². The van der Waals surface area contributed by atoms with Gasteiger partial charge in [-0.1, -0.05) is 13.0 Å². The van der Waals surface area contributed by atoms with E-state index in [1.165, 1.54) is 18.2 Å². The van der Waals surface area contributed by atoms with E-state index < -0.39 is 0 Å². The summed E-state index contributed by atoms with van der Waals surface area (Å²) in [5, 5.41) is 18.6. The first-order chi connectivity index (χ1) is 9.60. The highest BCUT2D eigenvalue weighted by Crippen LogP contribution is 2.25. The summed E-state index contributed by atoms with van der Waals surface area (Å²) in [4.78, 5) is 16.2. The zero-order chi connectivity index (χ0) is 14.5. The van der Waals surface area contributed by atoms with Crippen LogP contribution in [0.25, 0.3) is 6.08 Å². The summed E-state index contributed by atoms with van der Waals surface area (Å²) in [7, 11) is 0. The second kappa shape index (κ2) is 6.43. The largest absolute Gasteiger partial charge is 0.504 e. The molecule has 1 aliphatic heterocycles. The Morgan fingerprint density at radius 3 is 2.50 bits per heavy atom. The monoisotopic (exact) mass is 276 g/mol. The Hall–Kier alpha value is -2.01. The van der Waals surface area contributed by atoms with Crippen molar-refractivity contribution in [1.82, 2.24) is 9.80 Å². The van der Waals surface area contributed by atoms with Crippen molar-refractivity contribution in [1.29, 1.82) is 0 Å². The molecular weight excluding hydrogens is 256 g/mol. The molecular formula is C15H20N2O3. The first-order valence-electron chi connectivity index (χ1n) is 6.81. The van der Waals surface area contributed by atoms with Crippen molar-refractivity contribution in [2.24, 2.45) is 0 Å². The summed E-state index contributed by atoms with van der Waals surface area (Å²) in [5.41, 5.74) is 0.681. The Bertz CT molecular complexity index is 506. The minimum atomic E-state index is -0.184. The number of hydrogen-bond acceptors (Lipinski definition) is 4. The number of phenols is 2. The lowest BCUT2D eigenvalue weighted by Gasteiger charge is -2.33. The maximum absolute atomic E-state index is 12.0. The number of rotatable bonds is 3. The van der Waals surface area contributed by atoms with Crippen molar-refractivity contribution in [2.75, 3.05) is 32.7 Å². The molecule has 0 spiro atoms. The number of phenolic OH excluding ortho intramolecular Hbond substituents is 2. The van der Waals surface area contributed by atoms with Gasteiger partial charge in [0.15, 0.2) is 11.5 Å². The van der Waals surface area contributed by atoms with Crippen LogP contribution in [-0.4, -0.2) is 58.6 Å². The Kier molecular flexibility index (Phi) is 4.63. The van der Waals surface area contributed by atoms with Gasteiger partial charge in [0, 0.05) is 32.3 Å². The molecule has 0 unspecified atom stereocenters. The van der Waals surface area contributed by atoms with E-state index in [4.69, 9.17) is 0 Å². The van der Waals surface area contributed by atoms with Crippen LogP contribution in [0, 0.1) is 0 Å². The lowest BCUT2D eigenvalue weighted by molar-refractivity contribution is -0.127. The van der Waals surface area contributed by atoms with Crippen molar-refractivity contribution >= 4 is 12.0 Å². The predicted octanol–water partition coefficient (Wildman–Crippen LogP) is 1.28. The molecule has 0 atom stereocenters. The van der Waals surface area contributed by atoms with Gasteiger partial charge >= 0.3 is 0 Å². The molecule has 1 heterocycles. The van der Waals surface area contributed by atoms with E-state index in [1.54, 1.807) is 12.1 Å². The van der Waals surface area contributed by atoms with Gasteiger partial charge in [0.2, 0.25) is 5.91 Å². The van der Waals surface area contributed by atoms with E-state index in [0.29, 0.717) is 5.56 Å². The minimum absolute atomic E-state index is 0.0201. The van der Waals surface area contributed by atoms with E-state index in [2.05, 4.69) is 11.8 Å². The van der Waals surface area contributed by atoms with Gasteiger partial charge in [-0.15, -0.1) is 0 Å². The number of piperazine rings is 1. The van der Waals surface area contributed by atoms with Gasteiger partial charge in [-0.3, -0.25) is 4.79 Å². The third-order valence-electron chi connectivity index (χ3n) is 3.55. The first kappa shape index (κ1) is 14.4. The van der Waals surface area contributed by atoms with Crippen LogP contribution < -0.4 is 0 Å². The maximum atomic E-state index is 12.0. The Morgan fingerprint density at radius 1 is 1.20 bits per heavy atom. The fourth-order valence-corrected chi connectivity index (χ4v) is 2.20. The second-order valence-electron chi connectivity index (χ2n) is 4.84. The van der Waals surface area contributed by atoms with Crippen LogP contribution in [0.1, 0.15) is 12.5 Å². The SMILES string of the molecule is CCN1CCN(C(=O)/C=C/c2ccc(O)c(O)c2)CC1. The number of likely N-dealkylation sites (N-methyl/N-ethyl adjacent to an activating group) is 1. The molecule has 5 heteroatoms. The minimum Gasteiger partial charge on any atom is -0.504 e. The molecule has 108 valence electrons. The van der Waals surface area contributed by atoms with Crippen LogP contribution in [0.4, 0.5) is 0 Å². The fraction of sp³-hybridized carbons (Fsp3) is 0.400. The Labute approximate surface area is 118 Å². The van der Waals surface area contributed by atoms with Gasteiger partial charge in [-0.05, 0) is 30.3 Å². The van der Waals surface area contributed by atoms with E-state index in [-0.39, 0.29) is 17.4 Å². The topological polar surface area (TPSA) is 64.0 Å². The van der Waals surface area contributed by atoms with Crippen molar-refractivity contribution < 1.29 is 15.0 Å². The highest BCUT2D eigenvalue weighted by atomic mass is 16.3. The van der Waals surface area contributed by atoms with Gasteiger partial charge in [-0.25, -0.2) is 0 Å². The average Bonchev–Trinajstić information content (AvgIpc) is 2.48. The summed E-state index contributed by atoms with van der Waals surface area (Å²) < 4.78 is 0. The smallest absolute Gasteiger partial charge is 0.246 e. The predicted molar refractivity (Wildman–Crippen MR) is 77.5 cm³/mol. The van der Waals surface area contributed by atoms with Crippen molar-refractivity contribution in [2.45, 2.75) is 6.92 Å². The summed E-state index contributed by atoms with van der Waals surface area (Å²) in [6.45, 7) is 6.46. The molecule has 2 N–H and O–H groups in total. The summed E-state index contributed by atoms with van der Waals surface area (Å²) >= 11 is 0. The molecule has 0 bridgehead atoms. The van der Waals surface area contributed by atoms with Crippen molar-refractivity contribution in [3.05, 3.63) is 29.8 Å². The molecule has 1 saturated heterocycles. The molecule has 0 aromatic heterocycles. The van der Waals surface area contributed by atoms with Crippen molar-refractivity contribution in [3.8, 4) is 11.5 Å². The van der Waals surface area contributed by atoms with E-state index in [1.807, 2.05) is 4.90 Å². The molecule has 20 heavy (non-hydrogen) atoms. The number of benzene rings is 1. The molecule has 1 aliphatic rings. The summed E-state index contributed by atoms with van der Waals surface area (Å²) in [6, 6.07) is 4.47. The molecule has 5 nitrogen and oxygen atoms in total. The standard InChI is InChI=1S/C15H20N2O3/c1-2-16-7-9-17(10-8-16)15(20)6-4-12-3-5-13(18)14(19)11-12/h3-6,11,18-19H,2,7-10H2,1H3/b6-4+. The normalized spacial score (nSPS) is 16.8. The molecule has 1 fully saturated rings. The maximum Gasteiger partial charge on any atom is 0.246 e. The van der Waals surface area contributed by atoms with E-state index in [9.17, 15) is 15.0 Å². The lowest BCUT2D eigenvalue weighted by Crippen LogP contribution is -2.48. The van der Waals surface area contributed by atoms with Crippen LogP contribution in [-0.2, 0) is 4.79 Å². The van der Waals surface area contributed by atoms with Crippen LogP contribution >= 0.6 is 0 Å². The Balaban J connectivity index is 1.94. The molecule has 0 radical (unpaired) electrons. The molecule has 1 aromatic carbocycles. The number of hydrogen-bond donors (Lipinski definition) is 2. The quantitative estimate of drug-likeness (QED) is 0.645. The molecule has 1 amide bonds. The van der Waals surface area contributed by atoms with E-state index in [0.717, 1.165) is 32.7 Å². The summed E-state index contributed by atoms with van der Waals surface area (Å²) in [5.74, 6) is -0.367. The van der Waals surface area contributed by atoms with Gasteiger partial charge in [-0.2, -0.15) is 0 Å². The third kappa shape index (κ3) is 3.51. The lowest BCUT2D eigenvalue weighted by atomic mass is 10.2. The number of carbonyl (C=O) groups excluding carboxylic acids is 1. The van der Waals surface area contributed by atoms with Crippen LogP contribution in [0.5, 0.6) is 11.5 Å². The molecule has 0 saturated carbocycles. The van der Waals surface area contributed by atoms with Crippen LogP contribution in [0.3, 0.4) is 0 Å². The first-order valence-corrected chi connectivity index (χ1v) is 6.81. The highest BCUT2D eigenvalue weighted by Gasteiger charge is 2.18. The highest BCUT2D eigenvalue weighted by molar-refractivity contribution is 5.91. The van der Waals surface area contributed by atoms with Crippen LogP contribution in [0.15, 0.2) is 24.3 Å².